The van der Waals surface area contributed by atoms with Gasteiger partial charge in [-0.15, -0.1) is 0 Å². The van der Waals surface area contributed by atoms with Gasteiger partial charge in [-0.1, -0.05) is 0 Å². The number of rotatable bonds is 4. The molecule has 3 rings (SSSR count). The summed E-state index contributed by atoms with van der Waals surface area (Å²) in [5, 5.41) is 3.54. The van der Waals surface area contributed by atoms with E-state index in [1.165, 1.54) is 18.4 Å². The third kappa shape index (κ3) is 3.04. The predicted octanol–water partition coefficient (Wildman–Crippen LogP) is 1.18. The minimum Gasteiger partial charge on any atom is -0.378 e. The molecule has 5 nitrogen and oxygen atoms in total. The zero-order chi connectivity index (χ0) is 13.2. The van der Waals surface area contributed by atoms with Gasteiger partial charge in [0.15, 0.2) is 0 Å². The molecule has 1 aromatic heterocycles. The lowest BCUT2D eigenvalue weighted by molar-refractivity contribution is 0.122. The van der Waals surface area contributed by atoms with E-state index in [4.69, 9.17) is 4.74 Å². The van der Waals surface area contributed by atoms with Crippen molar-refractivity contribution < 1.29 is 4.74 Å². The first-order valence-corrected chi connectivity index (χ1v) is 7.14. The summed E-state index contributed by atoms with van der Waals surface area (Å²) in [5.74, 6) is 0.855. The largest absolute Gasteiger partial charge is 0.378 e. The van der Waals surface area contributed by atoms with Gasteiger partial charge in [0, 0.05) is 42.6 Å². The van der Waals surface area contributed by atoms with Crippen LogP contribution in [-0.4, -0.2) is 42.3 Å². The van der Waals surface area contributed by atoms with Crippen molar-refractivity contribution in [3.63, 3.8) is 0 Å². The fraction of sp³-hybridized carbons (Fsp3) is 0.714. The highest BCUT2D eigenvalue weighted by atomic mass is 16.5. The van der Waals surface area contributed by atoms with Gasteiger partial charge in [0.1, 0.15) is 0 Å². The van der Waals surface area contributed by atoms with Crippen LogP contribution < -0.4 is 10.2 Å². The summed E-state index contributed by atoms with van der Waals surface area (Å²) in [6.07, 6.45) is 2.62. The SMILES string of the molecule is Cc1nc(N2CCOCC2)nc(C)c1CNC1CC1. The number of hydrogen-bond donors (Lipinski definition) is 1. The molecule has 0 atom stereocenters. The van der Waals surface area contributed by atoms with Crippen LogP contribution in [0.1, 0.15) is 29.8 Å². The second kappa shape index (κ2) is 5.43. The minimum absolute atomic E-state index is 0.720. The van der Waals surface area contributed by atoms with Crippen molar-refractivity contribution in [3.05, 3.63) is 17.0 Å². The van der Waals surface area contributed by atoms with Gasteiger partial charge < -0.3 is 15.0 Å². The van der Waals surface area contributed by atoms with Gasteiger partial charge in [-0.05, 0) is 26.7 Å². The van der Waals surface area contributed by atoms with Crippen molar-refractivity contribution in [2.75, 3.05) is 31.2 Å². The molecule has 0 aromatic carbocycles. The lowest BCUT2D eigenvalue weighted by Crippen LogP contribution is -2.37. The average Bonchev–Trinajstić information content (AvgIpc) is 3.23. The van der Waals surface area contributed by atoms with Crippen LogP contribution >= 0.6 is 0 Å². The van der Waals surface area contributed by atoms with Crippen molar-refractivity contribution in [3.8, 4) is 0 Å². The lowest BCUT2D eigenvalue weighted by Gasteiger charge is -2.27. The summed E-state index contributed by atoms with van der Waals surface area (Å²) in [6, 6.07) is 0.720. The van der Waals surface area contributed by atoms with Crippen LogP contribution in [0, 0.1) is 13.8 Å². The summed E-state index contributed by atoms with van der Waals surface area (Å²) in [4.78, 5) is 11.6. The van der Waals surface area contributed by atoms with Gasteiger partial charge in [0.2, 0.25) is 5.95 Å². The Morgan fingerprint density at radius 1 is 1.16 bits per heavy atom. The Morgan fingerprint density at radius 2 is 1.79 bits per heavy atom. The Hall–Kier alpha value is -1.20. The normalized spacial score (nSPS) is 19.8. The van der Waals surface area contributed by atoms with E-state index in [0.717, 1.165) is 56.2 Å². The molecule has 19 heavy (non-hydrogen) atoms. The molecule has 1 aliphatic heterocycles. The third-order valence-corrected chi connectivity index (χ3v) is 3.85. The maximum Gasteiger partial charge on any atom is 0.225 e. The first-order chi connectivity index (χ1) is 9.24. The highest BCUT2D eigenvalue weighted by Crippen LogP contribution is 2.21. The Labute approximate surface area is 114 Å². The van der Waals surface area contributed by atoms with Crippen molar-refractivity contribution in [1.82, 2.24) is 15.3 Å². The highest BCUT2D eigenvalue weighted by Gasteiger charge is 2.22. The van der Waals surface area contributed by atoms with Gasteiger partial charge in [0.25, 0.3) is 0 Å². The van der Waals surface area contributed by atoms with E-state index in [1.807, 2.05) is 0 Å². The van der Waals surface area contributed by atoms with Crippen molar-refractivity contribution in [2.24, 2.45) is 0 Å². The van der Waals surface area contributed by atoms with E-state index in [1.54, 1.807) is 0 Å². The molecule has 104 valence electrons. The maximum absolute atomic E-state index is 5.37. The Kier molecular flexibility index (Phi) is 3.66. The number of ether oxygens (including phenoxy) is 1. The molecule has 2 fully saturated rings. The molecule has 5 heteroatoms. The van der Waals surface area contributed by atoms with E-state index < -0.39 is 0 Å². The predicted molar refractivity (Wildman–Crippen MR) is 74.4 cm³/mol. The third-order valence-electron chi connectivity index (χ3n) is 3.85. The minimum atomic E-state index is 0.720. The zero-order valence-electron chi connectivity index (χ0n) is 11.8. The molecule has 2 heterocycles. The van der Waals surface area contributed by atoms with Crippen LogP contribution in [0.5, 0.6) is 0 Å². The van der Waals surface area contributed by atoms with Crippen LogP contribution in [0.15, 0.2) is 0 Å². The first-order valence-electron chi connectivity index (χ1n) is 7.14. The standard InChI is InChI=1S/C14H22N4O/c1-10-13(9-15-12-3-4-12)11(2)17-14(16-10)18-5-7-19-8-6-18/h12,15H,3-9H2,1-2H3. The number of aryl methyl sites for hydroxylation is 2. The first kappa shape index (κ1) is 12.8. The van der Waals surface area contributed by atoms with Gasteiger partial charge in [-0.2, -0.15) is 0 Å². The average molecular weight is 262 g/mol. The monoisotopic (exact) mass is 262 g/mol. The molecule has 0 amide bonds. The number of anilines is 1. The quantitative estimate of drug-likeness (QED) is 0.883. The zero-order valence-corrected chi connectivity index (χ0v) is 11.8. The Morgan fingerprint density at radius 3 is 2.37 bits per heavy atom. The number of morpholine rings is 1. The smallest absolute Gasteiger partial charge is 0.225 e. The molecule has 0 unspecified atom stereocenters. The number of nitrogens with zero attached hydrogens (tertiary/aromatic N) is 3. The van der Waals surface area contributed by atoms with E-state index in [-0.39, 0.29) is 0 Å². The van der Waals surface area contributed by atoms with E-state index in [2.05, 4.69) is 34.0 Å². The van der Waals surface area contributed by atoms with Gasteiger partial charge in [0.05, 0.1) is 13.2 Å². The van der Waals surface area contributed by atoms with Gasteiger partial charge in [-0.25, -0.2) is 9.97 Å². The van der Waals surface area contributed by atoms with Crippen LogP contribution in [0.25, 0.3) is 0 Å². The highest BCUT2D eigenvalue weighted by molar-refractivity contribution is 5.37. The Bertz CT molecular complexity index is 430. The number of hydrogen-bond acceptors (Lipinski definition) is 5. The molecule has 1 aromatic rings. The molecule has 0 spiro atoms. The van der Waals surface area contributed by atoms with E-state index in [9.17, 15) is 0 Å². The molecule has 0 radical (unpaired) electrons. The summed E-state index contributed by atoms with van der Waals surface area (Å²) in [6.45, 7) is 8.38. The van der Waals surface area contributed by atoms with Gasteiger partial charge >= 0.3 is 0 Å². The summed E-state index contributed by atoms with van der Waals surface area (Å²) in [5.41, 5.74) is 3.45. The van der Waals surface area contributed by atoms with E-state index >= 15 is 0 Å². The molecule has 0 bridgehead atoms. The number of nitrogens with one attached hydrogen (secondary N) is 1. The van der Waals surface area contributed by atoms with Crippen molar-refractivity contribution >= 4 is 5.95 Å². The lowest BCUT2D eigenvalue weighted by atomic mass is 10.1. The summed E-state index contributed by atoms with van der Waals surface area (Å²) >= 11 is 0. The summed E-state index contributed by atoms with van der Waals surface area (Å²) in [7, 11) is 0. The number of aromatic nitrogens is 2. The molecule has 1 N–H and O–H groups in total. The fourth-order valence-electron chi connectivity index (χ4n) is 2.42. The van der Waals surface area contributed by atoms with Gasteiger partial charge in [-0.3, -0.25) is 0 Å². The van der Waals surface area contributed by atoms with Crippen LogP contribution in [0.4, 0.5) is 5.95 Å². The fourth-order valence-corrected chi connectivity index (χ4v) is 2.42. The second-order valence-corrected chi connectivity index (χ2v) is 5.43. The molecular weight excluding hydrogens is 240 g/mol. The molecule has 1 saturated carbocycles. The maximum atomic E-state index is 5.37. The summed E-state index contributed by atoms with van der Waals surface area (Å²) < 4.78 is 5.37. The van der Waals surface area contributed by atoms with E-state index in [0.29, 0.717) is 0 Å². The molecule has 1 saturated heterocycles. The van der Waals surface area contributed by atoms with Crippen molar-refractivity contribution in [2.45, 2.75) is 39.3 Å². The van der Waals surface area contributed by atoms with Crippen LogP contribution in [0.2, 0.25) is 0 Å². The molecule has 2 aliphatic rings. The van der Waals surface area contributed by atoms with Crippen LogP contribution in [-0.2, 0) is 11.3 Å². The van der Waals surface area contributed by atoms with Crippen molar-refractivity contribution in [1.29, 1.82) is 0 Å². The Balaban J connectivity index is 1.75. The molecular formula is C14H22N4O. The van der Waals surface area contributed by atoms with Crippen LogP contribution in [0.3, 0.4) is 0 Å². The second-order valence-electron chi connectivity index (χ2n) is 5.43. The topological polar surface area (TPSA) is 50.3 Å². The molecule has 1 aliphatic carbocycles.